The standard InChI is InChI=1S/C5H11NS/c1-5-3-4-7(2)6-5/h5-6H,2-4H2,1H3. The monoisotopic (exact) mass is 117 g/mol. The van der Waals surface area contributed by atoms with E-state index in [-0.39, 0.29) is 0 Å². The molecule has 1 N–H and O–H groups in total. The van der Waals surface area contributed by atoms with Crippen LogP contribution >= 0.6 is 10.7 Å². The summed E-state index contributed by atoms with van der Waals surface area (Å²) in [4.78, 5) is 0. The van der Waals surface area contributed by atoms with Gasteiger partial charge in [0.2, 0.25) is 0 Å². The Morgan fingerprint density at radius 2 is 2.57 bits per heavy atom. The second-order valence-corrected chi connectivity index (χ2v) is 3.63. The molecule has 1 saturated heterocycles. The molecule has 1 rings (SSSR count). The van der Waals surface area contributed by atoms with E-state index in [1.54, 1.807) is 0 Å². The van der Waals surface area contributed by atoms with E-state index < -0.39 is 0 Å². The minimum Gasteiger partial charge on any atom is -0.267 e. The molecule has 1 aliphatic heterocycles. The summed E-state index contributed by atoms with van der Waals surface area (Å²) in [5, 5.41) is 0. The van der Waals surface area contributed by atoms with Crippen LogP contribution in [0.15, 0.2) is 0 Å². The molecule has 0 aromatic carbocycles. The number of hydrogen-bond acceptors (Lipinski definition) is 1. The molecule has 1 nitrogen and oxygen atoms in total. The van der Waals surface area contributed by atoms with Crippen LogP contribution in [0.25, 0.3) is 0 Å². The second kappa shape index (κ2) is 1.97. The van der Waals surface area contributed by atoms with Crippen LogP contribution in [-0.4, -0.2) is 17.7 Å². The maximum Gasteiger partial charge on any atom is 0.0146 e. The maximum atomic E-state index is 3.90. The van der Waals surface area contributed by atoms with Crippen molar-refractivity contribution in [1.29, 1.82) is 0 Å². The predicted molar refractivity (Wildman–Crippen MR) is 36.8 cm³/mol. The lowest BCUT2D eigenvalue weighted by Gasteiger charge is -1.97. The Bertz CT molecular complexity index is 90.1. The van der Waals surface area contributed by atoms with Gasteiger partial charge in [0.25, 0.3) is 0 Å². The number of nitrogens with one attached hydrogen (secondary N) is 1. The fourth-order valence-corrected chi connectivity index (χ4v) is 2.16. The molecular formula is C5H11NS. The Morgan fingerprint density at radius 1 is 1.86 bits per heavy atom. The summed E-state index contributed by atoms with van der Waals surface area (Å²) >= 11 is 0. The lowest BCUT2D eigenvalue weighted by molar-refractivity contribution is 0.709. The molecule has 0 bridgehead atoms. The molecule has 2 heteroatoms. The Balaban J connectivity index is 2.40. The molecule has 42 valence electrons. The summed E-state index contributed by atoms with van der Waals surface area (Å²) in [5.41, 5.74) is 0. The number of hydrogen-bond donors (Lipinski definition) is 1. The van der Waals surface area contributed by atoms with Gasteiger partial charge in [0.15, 0.2) is 0 Å². The molecule has 2 unspecified atom stereocenters. The summed E-state index contributed by atoms with van der Waals surface area (Å²) in [6, 6.07) is 0.723. The van der Waals surface area contributed by atoms with Crippen molar-refractivity contribution in [2.75, 3.05) is 5.75 Å². The molecule has 1 aliphatic rings. The van der Waals surface area contributed by atoms with Crippen LogP contribution < -0.4 is 4.72 Å². The third-order valence-electron chi connectivity index (χ3n) is 1.17. The van der Waals surface area contributed by atoms with E-state index in [1.165, 1.54) is 12.2 Å². The highest BCUT2D eigenvalue weighted by Gasteiger charge is 2.09. The second-order valence-electron chi connectivity index (χ2n) is 2.00. The molecule has 2 atom stereocenters. The van der Waals surface area contributed by atoms with Crippen LogP contribution in [0.3, 0.4) is 0 Å². The Kier molecular flexibility index (Phi) is 1.50. The minimum atomic E-state index is 0.297. The van der Waals surface area contributed by atoms with Crippen molar-refractivity contribution in [1.82, 2.24) is 4.72 Å². The zero-order valence-electron chi connectivity index (χ0n) is 4.61. The first-order valence-corrected chi connectivity index (χ1v) is 4.12. The minimum absolute atomic E-state index is 0.297. The summed E-state index contributed by atoms with van der Waals surface area (Å²) in [5.74, 6) is 5.18. The molecule has 0 saturated carbocycles. The number of rotatable bonds is 0. The van der Waals surface area contributed by atoms with Crippen molar-refractivity contribution in [3.8, 4) is 0 Å². The Morgan fingerprint density at radius 3 is 2.71 bits per heavy atom. The van der Waals surface area contributed by atoms with Crippen molar-refractivity contribution in [3.63, 3.8) is 0 Å². The van der Waals surface area contributed by atoms with Crippen molar-refractivity contribution in [2.45, 2.75) is 19.4 Å². The Hall–Kier alpha value is 0.180. The predicted octanol–water partition coefficient (Wildman–Crippen LogP) is 0.984. The molecule has 7 heavy (non-hydrogen) atoms. The molecule has 1 fully saturated rings. The highest BCUT2D eigenvalue weighted by Crippen LogP contribution is 2.16. The van der Waals surface area contributed by atoms with Gasteiger partial charge in [0.1, 0.15) is 0 Å². The molecule has 0 spiro atoms. The van der Waals surface area contributed by atoms with Crippen LogP contribution in [0.1, 0.15) is 13.3 Å². The summed E-state index contributed by atoms with van der Waals surface area (Å²) < 4.78 is 3.33. The van der Waals surface area contributed by atoms with E-state index in [2.05, 4.69) is 17.5 Å². The van der Waals surface area contributed by atoms with Crippen LogP contribution in [0.4, 0.5) is 0 Å². The summed E-state index contributed by atoms with van der Waals surface area (Å²) in [6.45, 7) is 2.21. The van der Waals surface area contributed by atoms with Crippen LogP contribution in [0, 0.1) is 0 Å². The first-order chi connectivity index (χ1) is 3.29. The zero-order chi connectivity index (χ0) is 5.28. The van der Waals surface area contributed by atoms with Crippen molar-refractivity contribution in [2.24, 2.45) is 0 Å². The average molecular weight is 117 g/mol. The SMILES string of the molecule is C=S1CCC(C)N1. The van der Waals surface area contributed by atoms with Gasteiger partial charge in [-0.25, -0.2) is 0 Å². The highest BCUT2D eigenvalue weighted by molar-refractivity contribution is 8.12. The van der Waals surface area contributed by atoms with E-state index >= 15 is 0 Å². The molecule has 0 aromatic rings. The molecule has 0 radical (unpaired) electrons. The van der Waals surface area contributed by atoms with E-state index in [0.29, 0.717) is 10.7 Å². The van der Waals surface area contributed by atoms with Crippen molar-refractivity contribution in [3.05, 3.63) is 0 Å². The van der Waals surface area contributed by atoms with Gasteiger partial charge >= 0.3 is 0 Å². The van der Waals surface area contributed by atoms with Crippen LogP contribution in [0.5, 0.6) is 0 Å². The smallest absolute Gasteiger partial charge is 0.0146 e. The van der Waals surface area contributed by atoms with E-state index in [4.69, 9.17) is 0 Å². The Labute approximate surface area is 47.2 Å². The molecule has 0 aliphatic carbocycles. The molecule has 1 heterocycles. The lowest BCUT2D eigenvalue weighted by Crippen LogP contribution is -2.10. The van der Waals surface area contributed by atoms with E-state index in [9.17, 15) is 0 Å². The average Bonchev–Trinajstić information content (AvgIpc) is 1.87. The third kappa shape index (κ3) is 1.28. The van der Waals surface area contributed by atoms with Gasteiger partial charge in [-0.3, -0.25) is 4.72 Å². The van der Waals surface area contributed by atoms with E-state index in [0.717, 1.165) is 6.04 Å². The first kappa shape index (κ1) is 5.32. The largest absolute Gasteiger partial charge is 0.267 e. The summed E-state index contributed by atoms with van der Waals surface area (Å²) in [7, 11) is 0.297. The van der Waals surface area contributed by atoms with Gasteiger partial charge in [-0.15, -0.1) is 10.7 Å². The van der Waals surface area contributed by atoms with Gasteiger partial charge in [-0.2, -0.15) is 0 Å². The van der Waals surface area contributed by atoms with Gasteiger partial charge in [-0.05, 0) is 13.3 Å². The van der Waals surface area contributed by atoms with Crippen LogP contribution in [0.2, 0.25) is 0 Å². The van der Waals surface area contributed by atoms with E-state index in [1.807, 2.05) is 0 Å². The van der Waals surface area contributed by atoms with Gasteiger partial charge in [-0.1, -0.05) is 5.87 Å². The van der Waals surface area contributed by atoms with Crippen LogP contribution in [-0.2, 0) is 0 Å². The molecule has 0 amide bonds. The fraction of sp³-hybridized carbons (Fsp3) is 0.800. The highest BCUT2D eigenvalue weighted by atomic mass is 32.2. The van der Waals surface area contributed by atoms with Crippen molar-refractivity contribution < 1.29 is 0 Å². The fourth-order valence-electron chi connectivity index (χ4n) is 0.721. The molecular weight excluding hydrogens is 106 g/mol. The van der Waals surface area contributed by atoms with Gasteiger partial charge < -0.3 is 0 Å². The lowest BCUT2D eigenvalue weighted by atomic mass is 10.3. The first-order valence-electron chi connectivity index (χ1n) is 2.56. The summed E-state index contributed by atoms with van der Waals surface area (Å²) in [6.07, 6.45) is 1.31. The topological polar surface area (TPSA) is 12.0 Å². The van der Waals surface area contributed by atoms with Crippen molar-refractivity contribution >= 4 is 16.5 Å². The normalized spacial score (nSPS) is 41.9. The molecule has 0 aromatic heterocycles. The van der Waals surface area contributed by atoms with Gasteiger partial charge in [0.05, 0.1) is 0 Å². The third-order valence-corrected chi connectivity index (χ3v) is 2.63. The maximum absolute atomic E-state index is 3.90. The quantitative estimate of drug-likeness (QED) is 0.466. The zero-order valence-corrected chi connectivity index (χ0v) is 5.42. The van der Waals surface area contributed by atoms with Gasteiger partial charge in [0, 0.05) is 11.8 Å².